The summed E-state index contributed by atoms with van der Waals surface area (Å²) in [6.45, 7) is 6.17. The van der Waals surface area contributed by atoms with Crippen LogP contribution in [0, 0.1) is 0 Å². The lowest BCUT2D eigenvalue weighted by molar-refractivity contribution is -0.113. The molecule has 0 bridgehead atoms. The first-order chi connectivity index (χ1) is 7.61. The maximum absolute atomic E-state index is 11.1. The molecule has 1 N–H and O–H groups in total. The van der Waals surface area contributed by atoms with Crippen molar-refractivity contribution in [2.45, 2.75) is 6.92 Å². The fraction of sp³-hybridized carbons (Fsp3) is 0.250. The number of benzene rings is 1. The summed E-state index contributed by atoms with van der Waals surface area (Å²) in [6, 6.07) is 7.22. The predicted octanol–water partition coefficient (Wildman–Crippen LogP) is 2.97. The molecule has 86 valence electrons. The first-order valence-corrected chi connectivity index (χ1v) is 5.97. The van der Waals surface area contributed by atoms with E-state index < -0.39 is 0 Å². The van der Waals surface area contributed by atoms with Gasteiger partial charge in [-0.05, 0) is 36.8 Å². The molecule has 0 aliphatic heterocycles. The molecule has 0 saturated carbocycles. The van der Waals surface area contributed by atoms with Crippen molar-refractivity contribution in [2.75, 3.05) is 17.3 Å². The monoisotopic (exact) mass is 283 g/mol. The summed E-state index contributed by atoms with van der Waals surface area (Å²) in [5.41, 5.74) is 1.73. The van der Waals surface area contributed by atoms with Crippen molar-refractivity contribution in [1.82, 2.24) is 0 Å². The van der Waals surface area contributed by atoms with Gasteiger partial charge >= 0.3 is 0 Å². The van der Waals surface area contributed by atoms with E-state index in [-0.39, 0.29) is 5.91 Å². The summed E-state index contributed by atoms with van der Waals surface area (Å²) in [6.07, 6.45) is 0. The molecule has 16 heavy (non-hydrogen) atoms. The zero-order valence-corrected chi connectivity index (χ0v) is 10.7. The van der Waals surface area contributed by atoms with Crippen LogP contribution in [-0.2, 0) is 4.79 Å². The molecule has 0 aliphatic carbocycles. The Labute approximate surface area is 104 Å². The molecular weight excluding hydrogens is 270 g/mol. The van der Waals surface area contributed by atoms with Crippen LogP contribution in [0.2, 0.25) is 0 Å². The number of halogens is 1. The van der Waals surface area contributed by atoms with E-state index in [1.54, 1.807) is 12.1 Å². The number of anilines is 1. The number of nitrogens with one attached hydrogen (secondary N) is 1. The number of amides is 1. The Bertz CT molecular complexity index is 373. The molecule has 1 aromatic carbocycles. The summed E-state index contributed by atoms with van der Waals surface area (Å²) in [5, 5.41) is 3.02. The van der Waals surface area contributed by atoms with Crippen LogP contribution < -0.4 is 10.1 Å². The molecular formula is C12H14BrNO2. The highest BCUT2D eigenvalue weighted by molar-refractivity contribution is 9.09. The van der Waals surface area contributed by atoms with Crippen molar-refractivity contribution in [3.8, 4) is 5.75 Å². The minimum Gasteiger partial charge on any atom is -0.489 e. The number of alkyl halides is 1. The summed E-state index contributed by atoms with van der Waals surface area (Å²) in [4.78, 5) is 11.1. The van der Waals surface area contributed by atoms with Gasteiger partial charge in [0.2, 0.25) is 5.91 Å². The van der Waals surface area contributed by atoms with Gasteiger partial charge in [0.15, 0.2) is 0 Å². The maximum atomic E-state index is 11.1. The van der Waals surface area contributed by atoms with Gasteiger partial charge in [0.1, 0.15) is 12.4 Å². The average molecular weight is 284 g/mol. The maximum Gasteiger partial charge on any atom is 0.235 e. The molecule has 0 unspecified atom stereocenters. The third-order valence-corrected chi connectivity index (χ3v) is 2.25. The van der Waals surface area contributed by atoms with E-state index >= 15 is 0 Å². The highest BCUT2D eigenvalue weighted by Crippen LogP contribution is 2.16. The van der Waals surface area contributed by atoms with Crippen LogP contribution in [0.5, 0.6) is 5.75 Å². The smallest absolute Gasteiger partial charge is 0.235 e. The zero-order chi connectivity index (χ0) is 12.0. The van der Waals surface area contributed by atoms with E-state index in [1.165, 1.54) is 0 Å². The second-order valence-corrected chi connectivity index (χ2v) is 4.01. The number of carbonyl (C=O) groups excluding carboxylic acids is 1. The Morgan fingerprint density at radius 1 is 1.44 bits per heavy atom. The fourth-order valence-corrected chi connectivity index (χ4v) is 1.18. The Morgan fingerprint density at radius 3 is 2.56 bits per heavy atom. The van der Waals surface area contributed by atoms with Gasteiger partial charge in [-0.25, -0.2) is 0 Å². The quantitative estimate of drug-likeness (QED) is 0.667. The summed E-state index contributed by atoms with van der Waals surface area (Å²) < 4.78 is 5.43. The lowest BCUT2D eigenvalue weighted by Crippen LogP contribution is -2.12. The van der Waals surface area contributed by atoms with E-state index in [1.807, 2.05) is 19.1 Å². The number of rotatable bonds is 5. The van der Waals surface area contributed by atoms with E-state index in [0.29, 0.717) is 11.9 Å². The Balaban J connectivity index is 2.54. The van der Waals surface area contributed by atoms with Crippen LogP contribution in [0.25, 0.3) is 0 Å². The predicted molar refractivity (Wildman–Crippen MR) is 69.2 cm³/mol. The minimum absolute atomic E-state index is 0.0735. The lowest BCUT2D eigenvalue weighted by Gasteiger charge is -2.07. The van der Waals surface area contributed by atoms with E-state index in [9.17, 15) is 4.79 Å². The van der Waals surface area contributed by atoms with Crippen LogP contribution in [0.15, 0.2) is 36.4 Å². The largest absolute Gasteiger partial charge is 0.489 e. The van der Waals surface area contributed by atoms with Crippen molar-refractivity contribution >= 4 is 27.5 Å². The van der Waals surface area contributed by atoms with Gasteiger partial charge < -0.3 is 10.1 Å². The SMILES string of the molecule is C=C(C)COc1ccc(NC(=O)CBr)cc1. The van der Waals surface area contributed by atoms with Crippen molar-refractivity contribution < 1.29 is 9.53 Å². The van der Waals surface area contributed by atoms with Crippen LogP contribution in [0.1, 0.15) is 6.92 Å². The van der Waals surface area contributed by atoms with Gasteiger partial charge in [-0.1, -0.05) is 22.5 Å². The van der Waals surface area contributed by atoms with Crippen LogP contribution in [0.4, 0.5) is 5.69 Å². The third kappa shape index (κ3) is 4.49. The minimum atomic E-state index is -0.0735. The van der Waals surface area contributed by atoms with Gasteiger partial charge in [0.25, 0.3) is 0 Å². The molecule has 0 spiro atoms. The molecule has 1 rings (SSSR count). The Kier molecular flexibility index (Phi) is 5.05. The molecule has 4 heteroatoms. The van der Waals surface area contributed by atoms with Gasteiger partial charge in [-0.15, -0.1) is 0 Å². The molecule has 0 radical (unpaired) electrons. The van der Waals surface area contributed by atoms with Crippen LogP contribution in [-0.4, -0.2) is 17.8 Å². The van der Waals surface area contributed by atoms with Crippen LogP contribution in [0.3, 0.4) is 0 Å². The first-order valence-electron chi connectivity index (χ1n) is 4.85. The molecule has 0 aliphatic rings. The summed E-state index contributed by atoms with van der Waals surface area (Å²) in [5.74, 6) is 0.690. The van der Waals surface area contributed by atoms with Crippen molar-refractivity contribution in [3.63, 3.8) is 0 Å². The summed E-state index contributed by atoms with van der Waals surface area (Å²) >= 11 is 3.08. The zero-order valence-electron chi connectivity index (χ0n) is 9.13. The van der Waals surface area contributed by atoms with E-state index in [0.717, 1.165) is 17.0 Å². The van der Waals surface area contributed by atoms with Crippen molar-refractivity contribution in [2.24, 2.45) is 0 Å². The number of hydrogen-bond donors (Lipinski definition) is 1. The van der Waals surface area contributed by atoms with Crippen molar-refractivity contribution in [1.29, 1.82) is 0 Å². The molecule has 1 amide bonds. The molecule has 1 aromatic rings. The van der Waals surface area contributed by atoms with Gasteiger partial charge in [-0.3, -0.25) is 4.79 Å². The topological polar surface area (TPSA) is 38.3 Å². The average Bonchev–Trinajstić information content (AvgIpc) is 2.28. The van der Waals surface area contributed by atoms with Crippen LogP contribution >= 0.6 is 15.9 Å². The van der Waals surface area contributed by atoms with E-state index in [4.69, 9.17) is 4.74 Å². The Hall–Kier alpha value is -1.29. The van der Waals surface area contributed by atoms with Gasteiger partial charge in [-0.2, -0.15) is 0 Å². The van der Waals surface area contributed by atoms with Crippen molar-refractivity contribution in [3.05, 3.63) is 36.4 Å². The molecule has 0 aromatic heterocycles. The number of hydrogen-bond acceptors (Lipinski definition) is 2. The summed E-state index contributed by atoms with van der Waals surface area (Å²) in [7, 11) is 0. The second kappa shape index (κ2) is 6.33. The lowest BCUT2D eigenvalue weighted by atomic mass is 10.3. The third-order valence-electron chi connectivity index (χ3n) is 1.74. The molecule has 0 atom stereocenters. The fourth-order valence-electron chi connectivity index (χ4n) is 1.04. The highest BCUT2D eigenvalue weighted by Gasteiger charge is 1.99. The number of carbonyl (C=O) groups is 1. The molecule has 3 nitrogen and oxygen atoms in total. The molecule has 0 heterocycles. The van der Waals surface area contributed by atoms with Gasteiger partial charge in [0, 0.05) is 5.69 Å². The Morgan fingerprint density at radius 2 is 2.06 bits per heavy atom. The highest BCUT2D eigenvalue weighted by atomic mass is 79.9. The van der Waals surface area contributed by atoms with E-state index in [2.05, 4.69) is 27.8 Å². The first kappa shape index (κ1) is 12.8. The number of ether oxygens (including phenoxy) is 1. The normalized spacial score (nSPS) is 9.62. The molecule has 0 fully saturated rings. The molecule has 0 saturated heterocycles. The second-order valence-electron chi connectivity index (χ2n) is 3.45. The van der Waals surface area contributed by atoms with Gasteiger partial charge in [0.05, 0.1) is 5.33 Å². The standard InChI is InChI=1S/C12H14BrNO2/c1-9(2)8-16-11-5-3-10(4-6-11)14-12(15)7-13/h3-6H,1,7-8H2,2H3,(H,14,15).